The van der Waals surface area contributed by atoms with Crippen molar-refractivity contribution >= 4 is 18.0 Å². The van der Waals surface area contributed by atoms with Crippen LogP contribution in [0.3, 0.4) is 0 Å². The van der Waals surface area contributed by atoms with E-state index in [4.69, 9.17) is 5.73 Å². The van der Waals surface area contributed by atoms with Crippen molar-refractivity contribution in [3.63, 3.8) is 0 Å². The van der Waals surface area contributed by atoms with Crippen LogP contribution in [-0.2, 0) is 9.59 Å². The maximum atomic E-state index is 11.7. The van der Waals surface area contributed by atoms with E-state index in [1.54, 1.807) is 10.8 Å². The number of hydrogen-bond donors (Lipinski definition) is 1. The lowest BCUT2D eigenvalue weighted by Gasteiger charge is -2.02. The molecule has 1 heterocycles. The van der Waals surface area contributed by atoms with Crippen LogP contribution in [0.4, 0.5) is 0 Å². The molecule has 2 N–H and O–H groups in total. The lowest BCUT2D eigenvalue weighted by Crippen LogP contribution is -2.29. The molecule has 0 saturated carbocycles. The largest absolute Gasteiger partial charge is 0.387 e. The van der Waals surface area contributed by atoms with Crippen molar-refractivity contribution in [3.8, 4) is 0 Å². The van der Waals surface area contributed by atoms with Crippen molar-refractivity contribution in [2.45, 2.75) is 39.5 Å². The molecule has 90 valence electrons. The first kappa shape index (κ1) is 12.9. The monoisotopic (exact) mass is 225 g/mol. The Morgan fingerprint density at radius 3 is 2.81 bits per heavy atom. The second kappa shape index (κ2) is 5.77. The van der Waals surface area contributed by atoms with Crippen LogP contribution in [0.15, 0.2) is 0 Å². The van der Waals surface area contributed by atoms with Gasteiger partial charge < -0.3 is 5.73 Å². The number of nitrogens with zero attached hydrogens (tertiary/aromatic N) is 1. The van der Waals surface area contributed by atoms with Crippen LogP contribution in [0, 0.1) is 11.8 Å². The number of nitrogens with two attached hydrogens (primary N) is 1. The normalized spacial score (nSPS) is 25.0. The fourth-order valence-electron chi connectivity index (χ4n) is 2.15. The first-order valence-corrected chi connectivity index (χ1v) is 6.02. The van der Waals surface area contributed by atoms with E-state index in [-0.39, 0.29) is 17.7 Å². The Balaban J connectivity index is 2.69. The Kier molecular flexibility index (Phi) is 4.65. The molecule has 0 spiro atoms. The van der Waals surface area contributed by atoms with E-state index in [0.717, 1.165) is 19.4 Å². The van der Waals surface area contributed by atoms with Crippen molar-refractivity contribution in [2.24, 2.45) is 17.6 Å². The van der Waals surface area contributed by atoms with Gasteiger partial charge in [-0.15, -0.1) is 0 Å². The molecule has 1 aliphatic rings. The third kappa shape index (κ3) is 3.15. The van der Waals surface area contributed by atoms with Crippen LogP contribution in [0.2, 0.25) is 0 Å². The minimum Gasteiger partial charge on any atom is -0.369 e. The highest BCUT2D eigenvalue weighted by molar-refractivity contribution is 5.92. The molecule has 1 aliphatic heterocycles. The molecular formula is C12H21N2O2+. The van der Waals surface area contributed by atoms with Gasteiger partial charge in [-0.25, -0.2) is 4.79 Å². The fourth-order valence-corrected chi connectivity index (χ4v) is 2.15. The minimum absolute atomic E-state index is 0.123. The number of hydrogen-bond acceptors (Lipinski definition) is 2. The van der Waals surface area contributed by atoms with Crippen LogP contribution in [0.5, 0.6) is 0 Å². The Hall–Kier alpha value is -1.19. The Bertz CT molecular complexity index is 310. The summed E-state index contributed by atoms with van der Waals surface area (Å²) in [6.45, 7) is 4.77. The molecule has 2 amide bonds. The molecule has 1 saturated heterocycles. The summed E-state index contributed by atoms with van der Waals surface area (Å²) in [7, 11) is 0. The second-order valence-corrected chi connectivity index (χ2v) is 4.47. The van der Waals surface area contributed by atoms with Crippen molar-refractivity contribution in [3.05, 3.63) is 0 Å². The van der Waals surface area contributed by atoms with E-state index in [9.17, 15) is 9.59 Å². The molecule has 0 aromatic rings. The van der Waals surface area contributed by atoms with E-state index >= 15 is 0 Å². The van der Waals surface area contributed by atoms with Crippen LogP contribution in [0.1, 0.15) is 39.5 Å². The standard InChI is InChI=1S/C12H20N2O2/c1-3-5-9-6-11(15)14(7-9)8-10(4-2)12(13)16/h8-10H,3-7H2,1-2H3,(H-,13,16)/p+1. The van der Waals surface area contributed by atoms with Crippen LogP contribution in [-0.4, -0.2) is 29.1 Å². The Morgan fingerprint density at radius 1 is 1.62 bits per heavy atom. The number of primary amides is 1. The highest BCUT2D eigenvalue weighted by Gasteiger charge is 2.34. The van der Waals surface area contributed by atoms with E-state index in [1.165, 1.54) is 0 Å². The maximum Gasteiger partial charge on any atom is 0.387 e. The van der Waals surface area contributed by atoms with E-state index in [0.29, 0.717) is 18.8 Å². The van der Waals surface area contributed by atoms with Gasteiger partial charge in [-0.1, -0.05) is 20.3 Å². The van der Waals surface area contributed by atoms with Gasteiger partial charge in [0.15, 0.2) is 12.8 Å². The van der Waals surface area contributed by atoms with E-state index in [2.05, 4.69) is 6.92 Å². The zero-order valence-corrected chi connectivity index (χ0v) is 10.1. The van der Waals surface area contributed by atoms with Crippen molar-refractivity contribution in [2.75, 3.05) is 6.54 Å². The number of carbonyl (C=O) groups excluding carboxylic acids is 2. The molecule has 1 fully saturated rings. The minimum atomic E-state index is -0.353. The molecular weight excluding hydrogens is 204 g/mol. The zero-order valence-electron chi connectivity index (χ0n) is 10.1. The van der Waals surface area contributed by atoms with Gasteiger partial charge >= 0.3 is 5.91 Å². The van der Waals surface area contributed by atoms with Crippen molar-refractivity contribution < 1.29 is 14.2 Å². The van der Waals surface area contributed by atoms with Gasteiger partial charge in [0.2, 0.25) is 5.91 Å². The maximum absolute atomic E-state index is 11.7. The molecule has 0 bridgehead atoms. The van der Waals surface area contributed by atoms with Crippen molar-refractivity contribution in [1.82, 2.24) is 0 Å². The molecule has 4 heteroatoms. The smallest absolute Gasteiger partial charge is 0.369 e. The molecule has 16 heavy (non-hydrogen) atoms. The topological polar surface area (TPSA) is 63.2 Å². The average molecular weight is 225 g/mol. The van der Waals surface area contributed by atoms with E-state index in [1.807, 2.05) is 6.92 Å². The predicted molar refractivity (Wildman–Crippen MR) is 62.2 cm³/mol. The molecule has 2 atom stereocenters. The highest BCUT2D eigenvalue weighted by Crippen LogP contribution is 2.19. The summed E-state index contributed by atoms with van der Waals surface area (Å²) in [5.74, 6) is -0.101. The van der Waals surface area contributed by atoms with Crippen LogP contribution >= 0.6 is 0 Å². The van der Waals surface area contributed by atoms with E-state index < -0.39 is 0 Å². The molecule has 1 rings (SSSR count). The third-order valence-electron chi connectivity index (χ3n) is 3.10. The van der Waals surface area contributed by atoms with Gasteiger partial charge in [-0.2, -0.15) is 4.58 Å². The van der Waals surface area contributed by atoms with Crippen molar-refractivity contribution in [1.29, 1.82) is 0 Å². The summed E-state index contributed by atoms with van der Waals surface area (Å²) in [5.41, 5.74) is 5.26. The van der Waals surface area contributed by atoms with Gasteiger partial charge in [-0.05, 0) is 12.8 Å². The quantitative estimate of drug-likeness (QED) is 0.707. The molecule has 0 aromatic heterocycles. The van der Waals surface area contributed by atoms with Gasteiger partial charge in [0.05, 0.1) is 6.42 Å². The summed E-state index contributed by atoms with van der Waals surface area (Å²) in [5, 5.41) is 0. The van der Waals surface area contributed by atoms with Gasteiger partial charge in [0, 0.05) is 5.92 Å². The summed E-state index contributed by atoms with van der Waals surface area (Å²) < 4.78 is 1.68. The lowest BCUT2D eigenvalue weighted by molar-refractivity contribution is -0.434. The Morgan fingerprint density at radius 2 is 2.31 bits per heavy atom. The molecule has 4 nitrogen and oxygen atoms in total. The average Bonchev–Trinajstić information content (AvgIpc) is 2.55. The van der Waals surface area contributed by atoms with Gasteiger partial charge in [-0.3, -0.25) is 4.79 Å². The van der Waals surface area contributed by atoms with Gasteiger partial charge in [0.25, 0.3) is 0 Å². The Labute approximate surface area is 96.5 Å². The summed E-state index contributed by atoms with van der Waals surface area (Å²) >= 11 is 0. The lowest BCUT2D eigenvalue weighted by atomic mass is 10.0. The fraction of sp³-hybridized carbons (Fsp3) is 0.750. The first-order valence-electron chi connectivity index (χ1n) is 6.02. The summed E-state index contributed by atoms with van der Waals surface area (Å²) in [4.78, 5) is 22.8. The number of amides is 2. The highest BCUT2D eigenvalue weighted by atomic mass is 16.2. The van der Waals surface area contributed by atoms with Gasteiger partial charge in [0.1, 0.15) is 5.92 Å². The summed E-state index contributed by atoms with van der Waals surface area (Å²) in [6.07, 6.45) is 5.14. The van der Waals surface area contributed by atoms with Crippen LogP contribution in [0.25, 0.3) is 0 Å². The molecule has 0 aromatic carbocycles. The number of carbonyl (C=O) groups is 2. The molecule has 0 radical (unpaired) electrons. The van der Waals surface area contributed by atoms with Crippen LogP contribution < -0.4 is 5.73 Å². The zero-order chi connectivity index (χ0) is 12.1. The third-order valence-corrected chi connectivity index (χ3v) is 3.10. The number of rotatable bonds is 5. The first-order chi connectivity index (χ1) is 7.58. The molecule has 0 aliphatic carbocycles. The second-order valence-electron chi connectivity index (χ2n) is 4.47. The predicted octanol–water partition coefficient (Wildman–Crippen LogP) is 0.928. The summed E-state index contributed by atoms with van der Waals surface area (Å²) in [6, 6.07) is 0. The molecule has 2 unspecified atom stereocenters. The SMILES string of the molecule is CCCC1CC(=O)[N+](=CC(CC)C(N)=O)C1.